The van der Waals surface area contributed by atoms with Gasteiger partial charge < -0.3 is 10.5 Å². The largest absolute Gasteiger partial charge is 0.494 e. The van der Waals surface area contributed by atoms with Gasteiger partial charge in [-0.05, 0) is 48.7 Å². The highest BCUT2D eigenvalue weighted by atomic mass is 35.5. The highest BCUT2D eigenvalue weighted by Crippen LogP contribution is 2.23. The zero-order valence-electron chi connectivity index (χ0n) is 11.3. The van der Waals surface area contributed by atoms with Crippen LogP contribution in [0.15, 0.2) is 42.5 Å². The van der Waals surface area contributed by atoms with Crippen molar-refractivity contribution in [3.63, 3.8) is 0 Å². The molecule has 2 aromatic rings. The van der Waals surface area contributed by atoms with E-state index in [4.69, 9.17) is 22.1 Å². The van der Waals surface area contributed by atoms with Crippen LogP contribution in [0.1, 0.15) is 24.1 Å². The molecule has 2 N–H and O–H groups in total. The Labute approximate surface area is 123 Å². The Balaban J connectivity index is 2.15. The standard InChI is InChI=1S/C16H17ClFNO/c1-2-20-14-5-3-4-12(8-14)16(19)9-11-6-7-13(17)10-15(11)18/h3-8,10,16H,2,9,19H2,1H3. The van der Waals surface area contributed by atoms with Crippen molar-refractivity contribution in [3.05, 3.63) is 64.4 Å². The van der Waals surface area contributed by atoms with Crippen molar-refractivity contribution in [2.45, 2.75) is 19.4 Å². The van der Waals surface area contributed by atoms with Crippen LogP contribution in [0, 0.1) is 5.82 Å². The summed E-state index contributed by atoms with van der Waals surface area (Å²) in [5.74, 6) is 0.450. The summed E-state index contributed by atoms with van der Waals surface area (Å²) in [7, 11) is 0. The van der Waals surface area contributed by atoms with Crippen LogP contribution in [0.2, 0.25) is 5.02 Å². The molecule has 0 amide bonds. The summed E-state index contributed by atoms with van der Waals surface area (Å²) < 4.78 is 19.2. The summed E-state index contributed by atoms with van der Waals surface area (Å²) in [5, 5.41) is 0.387. The topological polar surface area (TPSA) is 35.2 Å². The minimum absolute atomic E-state index is 0.286. The summed E-state index contributed by atoms with van der Waals surface area (Å²) >= 11 is 5.74. The molecule has 0 aromatic heterocycles. The second-order valence-electron chi connectivity index (χ2n) is 4.55. The average molecular weight is 294 g/mol. The van der Waals surface area contributed by atoms with Gasteiger partial charge in [-0.25, -0.2) is 4.39 Å². The van der Waals surface area contributed by atoms with Crippen molar-refractivity contribution < 1.29 is 9.13 Å². The first kappa shape index (κ1) is 14.8. The van der Waals surface area contributed by atoms with Crippen molar-refractivity contribution in [2.24, 2.45) is 5.73 Å². The second kappa shape index (κ2) is 6.73. The molecular weight excluding hydrogens is 277 g/mol. The molecule has 0 saturated heterocycles. The molecule has 0 aliphatic rings. The van der Waals surface area contributed by atoms with Gasteiger partial charge in [-0.2, -0.15) is 0 Å². The summed E-state index contributed by atoms with van der Waals surface area (Å²) in [5.41, 5.74) is 7.62. The lowest BCUT2D eigenvalue weighted by Crippen LogP contribution is -2.14. The van der Waals surface area contributed by atoms with E-state index < -0.39 is 0 Å². The van der Waals surface area contributed by atoms with Gasteiger partial charge in [0, 0.05) is 11.1 Å². The van der Waals surface area contributed by atoms with E-state index in [-0.39, 0.29) is 11.9 Å². The van der Waals surface area contributed by atoms with E-state index in [2.05, 4.69) is 0 Å². The number of nitrogens with two attached hydrogens (primary N) is 1. The van der Waals surface area contributed by atoms with Crippen molar-refractivity contribution in [2.75, 3.05) is 6.61 Å². The molecule has 0 spiro atoms. The van der Waals surface area contributed by atoms with Gasteiger partial charge in [0.1, 0.15) is 11.6 Å². The first-order chi connectivity index (χ1) is 9.60. The number of ether oxygens (including phenoxy) is 1. The highest BCUT2D eigenvalue weighted by Gasteiger charge is 2.11. The van der Waals surface area contributed by atoms with Crippen molar-refractivity contribution in [1.29, 1.82) is 0 Å². The van der Waals surface area contributed by atoms with Gasteiger partial charge >= 0.3 is 0 Å². The Morgan fingerprint density at radius 2 is 2.05 bits per heavy atom. The molecule has 4 heteroatoms. The molecule has 0 saturated carbocycles. The first-order valence-corrected chi connectivity index (χ1v) is 6.90. The summed E-state index contributed by atoms with van der Waals surface area (Å²) in [4.78, 5) is 0. The summed E-state index contributed by atoms with van der Waals surface area (Å²) in [6.07, 6.45) is 0.415. The van der Waals surface area contributed by atoms with E-state index in [1.54, 1.807) is 12.1 Å². The third kappa shape index (κ3) is 3.71. The lowest BCUT2D eigenvalue weighted by atomic mass is 9.99. The Hall–Kier alpha value is -1.58. The van der Waals surface area contributed by atoms with Gasteiger partial charge in [0.15, 0.2) is 0 Å². The molecule has 106 valence electrons. The van der Waals surface area contributed by atoms with Crippen LogP contribution < -0.4 is 10.5 Å². The van der Waals surface area contributed by atoms with E-state index in [0.29, 0.717) is 23.6 Å². The zero-order chi connectivity index (χ0) is 14.5. The Bertz CT molecular complexity index is 588. The molecule has 0 bridgehead atoms. The van der Waals surface area contributed by atoms with Gasteiger partial charge in [-0.1, -0.05) is 29.8 Å². The molecule has 0 aliphatic heterocycles. The zero-order valence-corrected chi connectivity index (χ0v) is 12.0. The van der Waals surface area contributed by atoms with Gasteiger partial charge in [-0.15, -0.1) is 0 Å². The fourth-order valence-electron chi connectivity index (χ4n) is 2.04. The predicted octanol–water partition coefficient (Wildman–Crippen LogP) is 4.12. The maximum absolute atomic E-state index is 13.8. The molecular formula is C16H17ClFNO. The fraction of sp³-hybridized carbons (Fsp3) is 0.250. The van der Waals surface area contributed by atoms with E-state index in [9.17, 15) is 4.39 Å². The fourth-order valence-corrected chi connectivity index (χ4v) is 2.20. The normalized spacial score (nSPS) is 12.2. The predicted molar refractivity (Wildman–Crippen MR) is 79.7 cm³/mol. The highest BCUT2D eigenvalue weighted by molar-refractivity contribution is 6.30. The third-order valence-electron chi connectivity index (χ3n) is 3.05. The Morgan fingerprint density at radius 1 is 1.25 bits per heavy atom. The van der Waals surface area contributed by atoms with Gasteiger partial charge in [0.05, 0.1) is 6.61 Å². The molecule has 0 radical (unpaired) electrons. The SMILES string of the molecule is CCOc1cccc(C(N)Cc2ccc(Cl)cc2F)c1. The Kier molecular flexibility index (Phi) is 4.99. The van der Waals surface area contributed by atoms with Crippen molar-refractivity contribution in [3.8, 4) is 5.75 Å². The number of hydrogen-bond donors (Lipinski definition) is 1. The molecule has 2 aromatic carbocycles. The van der Waals surface area contributed by atoms with Crippen molar-refractivity contribution >= 4 is 11.6 Å². The molecule has 0 aliphatic carbocycles. The van der Waals surface area contributed by atoms with Crippen molar-refractivity contribution in [1.82, 2.24) is 0 Å². The number of benzene rings is 2. The van der Waals surface area contributed by atoms with Gasteiger partial charge in [-0.3, -0.25) is 0 Å². The van der Waals surface area contributed by atoms with E-state index in [1.807, 2.05) is 31.2 Å². The van der Waals surface area contributed by atoms with Crippen LogP contribution in [-0.4, -0.2) is 6.61 Å². The maximum Gasteiger partial charge on any atom is 0.127 e. The van der Waals surface area contributed by atoms with Crippen LogP contribution in [0.5, 0.6) is 5.75 Å². The van der Waals surface area contributed by atoms with Crippen LogP contribution in [0.4, 0.5) is 4.39 Å². The average Bonchev–Trinajstić information content (AvgIpc) is 2.42. The smallest absolute Gasteiger partial charge is 0.127 e. The second-order valence-corrected chi connectivity index (χ2v) is 4.99. The molecule has 20 heavy (non-hydrogen) atoms. The van der Waals surface area contributed by atoms with Crippen LogP contribution in [0.25, 0.3) is 0 Å². The number of rotatable bonds is 5. The third-order valence-corrected chi connectivity index (χ3v) is 3.29. The van der Waals surface area contributed by atoms with Crippen LogP contribution in [0.3, 0.4) is 0 Å². The van der Waals surface area contributed by atoms with Crippen LogP contribution in [-0.2, 0) is 6.42 Å². The Morgan fingerprint density at radius 3 is 2.75 bits per heavy atom. The minimum Gasteiger partial charge on any atom is -0.494 e. The van der Waals surface area contributed by atoms with Gasteiger partial charge in [0.2, 0.25) is 0 Å². The molecule has 1 unspecified atom stereocenters. The monoisotopic (exact) mass is 293 g/mol. The maximum atomic E-state index is 13.8. The molecule has 0 fully saturated rings. The molecule has 2 rings (SSSR count). The van der Waals surface area contributed by atoms with Crippen LogP contribution >= 0.6 is 11.6 Å². The summed E-state index contributed by atoms with van der Waals surface area (Å²) in [6, 6.07) is 11.9. The minimum atomic E-state index is -0.325. The molecule has 0 heterocycles. The number of halogens is 2. The number of hydrogen-bond acceptors (Lipinski definition) is 2. The van der Waals surface area contributed by atoms with E-state index in [1.165, 1.54) is 6.07 Å². The first-order valence-electron chi connectivity index (χ1n) is 6.52. The van der Waals surface area contributed by atoms with E-state index in [0.717, 1.165) is 11.3 Å². The summed E-state index contributed by atoms with van der Waals surface area (Å²) in [6.45, 7) is 2.53. The molecule has 1 atom stereocenters. The van der Waals surface area contributed by atoms with Gasteiger partial charge in [0.25, 0.3) is 0 Å². The lowest BCUT2D eigenvalue weighted by Gasteiger charge is -2.14. The quantitative estimate of drug-likeness (QED) is 0.900. The molecule has 2 nitrogen and oxygen atoms in total. The lowest BCUT2D eigenvalue weighted by molar-refractivity contribution is 0.339. The van der Waals surface area contributed by atoms with E-state index >= 15 is 0 Å².